The first-order chi connectivity index (χ1) is 11.6. The Morgan fingerprint density at radius 2 is 0.880 bits per heavy atom. The molecule has 0 saturated heterocycles. The summed E-state index contributed by atoms with van der Waals surface area (Å²) < 4.78 is 80.8. The molecule has 0 spiro atoms. The van der Waals surface area contributed by atoms with E-state index in [4.69, 9.17) is 4.74 Å². The average Bonchev–Trinajstić information content (AvgIpc) is 2.48. The highest BCUT2D eigenvalue weighted by Crippen LogP contribution is 2.25. The topological polar surface area (TPSA) is 9.23 Å². The van der Waals surface area contributed by atoms with Crippen molar-refractivity contribution in [3.05, 3.63) is 70.8 Å². The Morgan fingerprint density at radius 1 is 0.560 bits per heavy atom. The minimum atomic E-state index is -4.34. The van der Waals surface area contributed by atoms with Gasteiger partial charge in [0.2, 0.25) is 0 Å². The summed E-state index contributed by atoms with van der Waals surface area (Å²) in [5.41, 5.74) is 0.929. The lowest BCUT2D eigenvalue weighted by Gasteiger charge is -2.14. The quantitative estimate of drug-likeness (QED) is 0.607. The lowest BCUT2D eigenvalue weighted by Crippen LogP contribution is -2.14. The number of ether oxygens (including phenoxy) is 1. The molecule has 0 aliphatic heterocycles. The van der Waals surface area contributed by atoms with E-state index < -0.39 is 25.2 Å². The van der Waals surface area contributed by atoms with Crippen molar-refractivity contribution in [1.82, 2.24) is 0 Å². The van der Waals surface area contributed by atoms with Crippen molar-refractivity contribution in [1.29, 1.82) is 0 Å². The summed E-state index contributed by atoms with van der Waals surface area (Å²) in [6.45, 7) is -0.209. The van der Waals surface area contributed by atoms with Gasteiger partial charge in [-0.15, -0.1) is 0 Å². The molecule has 7 heteroatoms. The largest absolute Gasteiger partial charge is 0.393 e. The first-order valence-corrected chi connectivity index (χ1v) is 7.49. The van der Waals surface area contributed by atoms with Crippen LogP contribution >= 0.6 is 0 Å². The average molecular weight is 362 g/mol. The van der Waals surface area contributed by atoms with Gasteiger partial charge < -0.3 is 4.74 Å². The molecule has 0 aliphatic carbocycles. The predicted molar refractivity (Wildman–Crippen MR) is 80.9 cm³/mol. The van der Waals surface area contributed by atoms with Gasteiger partial charge in [0.25, 0.3) is 0 Å². The Morgan fingerprint density at radius 3 is 1.20 bits per heavy atom. The summed E-state index contributed by atoms with van der Waals surface area (Å²) in [5, 5.41) is 0. The van der Waals surface area contributed by atoms with Gasteiger partial charge in [-0.2, -0.15) is 26.3 Å². The second-order valence-corrected chi connectivity index (χ2v) is 5.61. The summed E-state index contributed by atoms with van der Waals surface area (Å²) in [4.78, 5) is 0. The molecule has 0 radical (unpaired) electrons. The third-order valence-electron chi connectivity index (χ3n) is 3.53. The third-order valence-corrected chi connectivity index (χ3v) is 3.53. The maximum absolute atomic E-state index is 12.6. The number of hydrogen-bond donors (Lipinski definition) is 0. The fourth-order valence-corrected chi connectivity index (χ4v) is 2.44. The summed E-state index contributed by atoms with van der Waals surface area (Å²) in [6.07, 6.45) is -10.8. The van der Waals surface area contributed by atoms with Crippen molar-refractivity contribution >= 4 is 0 Å². The van der Waals surface area contributed by atoms with Crippen LogP contribution in [0.4, 0.5) is 26.3 Å². The van der Waals surface area contributed by atoms with Gasteiger partial charge in [0.15, 0.2) is 0 Å². The molecule has 0 atom stereocenters. The SMILES string of the molecule is FC(F)(F)Cc1ccccc1COCc1ccccc1CC(F)(F)F. The number of alkyl halides is 6. The highest BCUT2D eigenvalue weighted by molar-refractivity contribution is 5.29. The minimum Gasteiger partial charge on any atom is -0.372 e. The van der Waals surface area contributed by atoms with Crippen molar-refractivity contribution in [2.24, 2.45) is 0 Å². The van der Waals surface area contributed by atoms with Crippen LogP contribution in [0.5, 0.6) is 0 Å². The van der Waals surface area contributed by atoms with E-state index in [0.717, 1.165) is 0 Å². The number of benzene rings is 2. The fraction of sp³-hybridized carbons (Fsp3) is 0.333. The molecule has 0 heterocycles. The summed E-state index contributed by atoms with van der Waals surface area (Å²) in [7, 11) is 0. The highest BCUT2D eigenvalue weighted by Gasteiger charge is 2.29. The molecule has 0 amide bonds. The molecule has 0 aromatic heterocycles. The van der Waals surface area contributed by atoms with Gasteiger partial charge in [-0.05, 0) is 22.3 Å². The Hall–Kier alpha value is -2.02. The number of halogens is 6. The van der Waals surface area contributed by atoms with Crippen molar-refractivity contribution in [2.75, 3.05) is 0 Å². The number of hydrogen-bond acceptors (Lipinski definition) is 1. The maximum Gasteiger partial charge on any atom is 0.393 e. The lowest BCUT2D eigenvalue weighted by atomic mass is 10.0. The Balaban J connectivity index is 2.03. The zero-order valence-electron chi connectivity index (χ0n) is 13.1. The molecule has 1 nitrogen and oxygen atoms in total. The van der Waals surface area contributed by atoms with Crippen molar-refractivity contribution in [3.63, 3.8) is 0 Å². The Labute approximate surface area is 141 Å². The molecule has 0 N–H and O–H groups in total. The smallest absolute Gasteiger partial charge is 0.372 e. The highest BCUT2D eigenvalue weighted by atomic mass is 19.4. The van der Waals surface area contributed by atoms with Crippen LogP contribution in [0, 0.1) is 0 Å². The van der Waals surface area contributed by atoms with E-state index in [0.29, 0.717) is 11.1 Å². The van der Waals surface area contributed by atoms with Gasteiger partial charge in [-0.3, -0.25) is 0 Å². The van der Waals surface area contributed by atoms with Gasteiger partial charge >= 0.3 is 12.4 Å². The fourth-order valence-electron chi connectivity index (χ4n) is 2.44. The van der Waals surface area contributed by atoms with Crippen LogP contribution in [-0.2, 0) is 30.8 Å². The van der Waals surface area contributed by atoms with Gasteiger partial charge in [0.05, 0.1) is 26.1 Å². The molecule has 2 aromatic rings. The van der Waals surface area contributed by atoms with E-state index in [2.05, 4.69) is 0 Å². The summed E-state index contributed by atoms with van der Waals surface area (Å²) >= 11 is 0. The lowest BCUT2D eigenvalue weighted by molar-refractivity contribution is -0.128. The van der Waals surface area contributed by atoms with Crippen LogP contribution < -0.4 is 0 Å². The normalized spacial score (nSPS) is 12.4. The zero-order chi connectivity index (χ0) is 18.5. The van der Waals surface area contributed by atoms with Gasteiger partial charge in [0.1, 0.15) is 0 Å². The maximum atomic E-state index is 12.6. The van der Waals surface area contributed by atoms with E-state index in [1.54, 1.807) is 12.1 Å². The molecule has 0 aliphatic rings. The first kappa shape index (κ1) is 19.3. The van der Waals surface area contributed by atoms with E-state index in [9.17, 15) is 26.3 Å². The van der Waals surface area contributed by atoms with Gasteiger partial charge in [-0.1, -0.05) is 48.5 Å². The van der Waals surface area contributed by atoms with Crippen molar-refractivity contribution in [2.45, 2.75) is 38.4 Å². The molecule has 0 fully saturated rings. The van der Waals surface area contributed by atoms with Crippen LogP contribution in [0.15, 0.2) is 48.5 Å². The molecular formula is C18H16F6O. The van der Waals surface area contributed by atoms with Gasteiger partial charge in [-0.25, -0.2) is 0 Å². The monoisotopic (exact) mass is 362 g/mol. The molecular weight excluding hydrogens is 346 g/mol. The Kier molecular flexibility index (Phi) is 6.11. The minimum absolute atomic E-state index is 0.0959. The second kappa shape index (κ2) is 7.91. The predicted octanol–water partition coefficient (Wildman–Crippen LogP) is 5.61. The van der Waals surface area contributed by atoms with Crippen LogP contribution in [0.1, 0.15) is 22.3 Å². The van der Waals surface area contributed by atoms with Crippen molar-refractivity contribution < 1.29 is 31.1 Å². The molecule has 25 heavy (non-hydrogen) atoms. The van der Waals surface area contributed by atoms with E-state index >= 15 is 0 Å². The molecule has 0 unspecified atom stereocenters. The zero-order valence-corrected chi connectivity index (χ0v) is 13.1. The second-order valence-electron chi connectivity index (χ2n) is 5.61. The Bertz CT molecular complexity index is 631. The van der Waals surface area contributed by atoms with E-state index in [1.807, 2.05) is 0 Å². The van der Waals surface area contributed by atoms with E-state index in [1.165, 1.54) is 36.4 Å². The standard InChI is InChI=1S/C18H16F6O/c19-17(20,21)9-13-5-1-3-7-15(13)11-25-12-16-8-4-2-6-14(16)10-18(22,23)24/h1-8H,9-12H2. The molecule has 136 valence electrons. The molecule has 0 saturated carbocycles. The molecule has 2 aromatic carbocycles. The number of rotatable bonds is 6. The van der Waals surface area contributed by atoms with Crippen LogP contribution in [0.25, 0.3) is 0 Å². The molecule has 2 rings (SSSR count). The van der Waals surface area contributed by atoms with Gasteiger partial charge in [0, 0.05) is 0 Å². The summed E-state index contributed by atoms with van der Waals surface area (Å²) in [6, 6.07) is 12.0. The van der Waals surface area contributed by atoms with Crippen molar-refractivity contribution in [3.8, 4) is 0 Å². The third kappa shape index (κ3) is 6.78. The van der Waals surface area contributed by atoms with Crippen LogP contribution in [0.2, 0.25) is 0 Å². The first-order valence-electron chi connectivity index (χ1n) is 7.49. The van der Waals surface area contributed by atoms with Crippen LogP contribution in [0.3, 0.4) is 0 Å². The van der Waals surface area contributed by atoms with Crippen LogP contribution in [-0.4, -0.2) is 12.4 Å². The summed E-state index contributed by atoms with van der Waals surface area (Å²) in [5.74, 6) is 0. The van der Waals surface area contributed by atoms with E-state index in [-0.39, 0.29) is 24.3 Å². The molecule has 0 bridgehead atoms.